The van der Waals surface area contributed by atoms with E-state index in [1.165, 1.54) is 0 Å². The molecule has 1 fully saturated rings. The van der Waals surface area contributed by atoms with E-state index in [1.54, 1.807) is 11.3 Å². The van der Waals surface area contributed by atoms with Crippen molar-refractivity contribution in [1.29, 1.82) is 0 Å². The second kappa shape index (κ2) is 6.25. The minimum atomic E-state index is 0.119. The highest BCUT2D eigenvalue weighted by molar-refractivity contribution is 7.13. The van der Waals surface area contributed by atoms with Crippen LogP contribution in [0.2, 0.25) is 0 Å². The molecule has 0 atom stereocenters. The highest BCUT2D eigenvalue weighted by atomic mass is 32.1. The van der Waals surface area contributed by atoms with Gasteiger partial charge in [-0.15, -0.1) is 11.3 Å². The van der Waals surface area contributed by atoms with Gasteiger partial charge in [0.1, 0.15) is 0 Å². The first-order valence-corrected chi connectivity index (χ1v) is 8.32. The van der Waals surface area contributed by atoms with Gasteiger partial charge in [-0.2, -0.15) is 4.98 Å². The van der Waals surface area contributed by atoms with Crippen molar-refractivity contribution in [1.82, 2.24) is 15.0 Å². The Bertz CT molecular complexity index is 553. The predicted octanol–water partition coefficient (Wildman–Crippen LogP) is 2.78. The standard InChI is InChI=1S/C15H21N3O2S/c1-2-15(11-19)5-7-18(8-6-15)10-13-16-14(17-20-13)12-4-3-9-21-12/h3-4,9,19H,2,5-8,10-11H2,1H3. The van der Waals surface area contributed by atoms with Crippen LogP contribution >= 0.6 is 11.3 Å². The molecule has 0 unspecified atom stereocenters. The van der Waals surface area contributed by atoms with E-state index in [9.17, 15) is 5.11 Å². The number of nitrogens with zero attached hydrogens (tertiary/aromatic N) is 3. The molecule has 6 heteroatoms. The maximum absolute atomic E-state index is 9.57. The van der Waals surface area contributed by atoms with Crippen LogP contribution in [0, 0.1) is 5.41 Å². The summed E-state index contributed by atoms with van der Waals surface area (Å²) < 4.78 is 5.35. The van der Waals surface area contributed by atoms with Gasteiger partial charge in [-0.3, -0.25) is 4.90 Å². The topological polar surface area (TPSA) is 62.4 Å². The van der Waals surface area contributed by atoms with Crippen molar-refractivity contribution < 1.29 is 9.63 Å². The molecule has 2 aromatic rings. The van der Waals surface area contributed by atoms with Crippen molar-refractivity contribution in [2.75, 3.05) is 19.7 Å². The monoisotopic (exact) mass is 307 g/mol. The molecule has 0 amide bonds. The zero-order chi connectivity index (χ0) is 14.7. The van der Waals surface area contributed by atoms with E-state index in [0.717, 1.165) is 37.2 Å². The first kappa shape index (κ1) is 14.7. The molecular weight excluding hydrogens is 286 g/mol. The molecule has 1 N–H and O–H groups in total. The lowest BCUT2D eigenvalue weighted by molar-refractivity contribution is 0.0348. The summed E-state index contributed by atoms with van der Waals surface area (Å²) in [6, 6.07) is 3.98. The third kappa shape index (κ3) is 3.17. The molecule has 1 aliphatic rings. The number of hydrogen-bond donors (Lipinski definition) is 1. The van der Waals surface area contributed by atoms with Crippen LogP contribution < -0.4 is 0 Å². The van der Waals surface area contributed by atoms with Gasteiger partial charge in [0, 0.05) is 6.61 Å². The average Bonchev–Trinajstić information content (AvgIpc) is 3.19. The zero-order valence-electron chi connectivity index (χ0n) is 12.3. The molecule has 5 nitrogen and oxygen atoms in total. The van der Waals surface area contributed by atoms with Gasteiger partial charge in [-0.05, 0) is 49.2 Å². The lowest BCUT2D eigenvalue weighted by atomic mass is 9.77. The molecule has 2 aromatic heterocycles. The summed E-state index contributed by atoms with van der Waals surface area (Å²) in [5.41, 5.74) is 0.119. The van der Waals surface area contributed by atoms with Crippen molar-refractivity contribution in [3.8, 4) is 10.7 Å². The van der Waals surface area contributed by atoms with E-state index in [0.29, 0.717) is 24.9 Å². The Morgan fingerprint density at radius 2 is 2.24 bits per heavy atom. The number of aliphatic hydroxyl groups excluding tert-OH is 1. The van der Waals surface area contributed by atoms with Gasteiger partial charge < -0.3 is 9.63 Å². The van der Waals surface area contributed by atoms with Gasteiger partial charge in [0.05, 0.1) is 11.4 Å². The fourth-order valence-electron chi connectivity index (χ4n) is 2.83. The van der Waals surface area contributed by atoms with E-state index in [-0.39, 0.29) is 5.41 Å². The Morgan fingerprint density at radius 3 is 2.86 bits per heavy atom. The molecule has 3 rings (SSSR count). The van der Waals surface area contributed by atoms with Gasteiger partial charge in [0.2, 0.25) is 11.7 Å². The van der Waals surface area contributed by atoms with Gasteiger partial charge in [0.25, 0.3) is 0 Å². The number of hydrogen-bond acceptors (Lipinski definition) is 6. The molecule has 0 spiro atoms. The second-order valence-electron chi connectivity index (χ2n) is 5.78. The number of piperidine rings is 1. The van der Waals surface area contributed by atoms with Gasteiger partial charge in [-0.25, -0.2) is 0 Å². The van der Waals surface area contributed by atoms with E-state index >= 15 is 0 Å². The molecule has 1 aliphatic heterocycles. The third-order valence-corrected chi connectivity index (χ3v) is 5.44. The summed E-state index contributed by atoms with van der Waals surface area (Å²) in [4.78, 5) is 7.83. The van der Waals surface area contributed by atoms with Gasteiger partial charge >= 0.3 is 0 Å². The highest BCUT2D eigenvalue weighted by Crippen LogP contribution is 2.34. The van der Waals surface area contributed by atoms with Gasteiger partial charge in [-0.1, -0.05) is 18.1 Å². The molecule has 114 valence electrons. The van der Waals surface area contributed by atoms with Crippen molar-refractivity contribution in [3.63, 3.8) is 0 Å². The van der Waals surface area contributed by atoms with E-state index in [4.69, 9.17) is 4.52 Å². The number of thiophene rings is 1. The van der Waals surface area contributed by atoms with Crippen molar-refractivity contribution in [3.05, 3.63) is 23.4 Å². The summed E-state index contributed by atoms with van der Waals surface area (Å²) in [7, 11) is 0. The lowest BCUT2D eigenvalue weighted by Crippen LogP contribution is -2.41. The van der Waals surface area contributed by atoms with Crippen LogP contribution in [0.3, 0.4) is 0 Å². The van der Waals surface area contributed by atoms with Crippen LogP contribution in [0.15, 0.2) is 22.0 Å². The maximum atomic E-state index is 9.57. The Kier molecular flexibility index (Phi) is 4.37. The van der Waals surface area contributed by atoms with Crippen LogP contribution in [0.4, 0.5) is 0 Å². The highest BCUT2D eigenvalue weighted by Gasteiger charge is 2.32. The van der Waals surface area contributed by atoms with E-state index in [1.807, 2.05) is 17.5 Å². The number of aromatic nitrogens is 2. The Labute approximate surface area is 128 Å². The zero-order valence-corrected chi connectivity index (χ0v) is 13.1. The number of aliphatic hydroxyl groups is 1. The maximum Gasteiger partial charge on any atom is 0.241 e. The van der Waals surface area contributed by atoms with E-state index < -0.39 is 0 Å². The largest absolute Gasteiger partial charge is 0.396 e. The Balaban J connectivity index is 1.59. The van der Waals surface area contributed by atoms with Gasteiger partial charge in [0.15, 0.2) is 0 Å². The van der Waals surface area contributed by atoms with Crippen LogP contribution in [-0.4, -0.2) is 39.8 Å². The van der Waals surface area contributed by atoms with Crippen molar-refractivity contribution in [2.24, 2.45) is 5.41 Å². The summed E-state index contributed by atoms with van der Waals surface area (Å²) >= 11 is 1.61. The second-order valence-corrected chi connectivity index (χ2v) is 6.72. The fraction of sp³-hybridized carbons (Fsp3) is 0.600. The first-order valence-electron chi connectivity index (χ1n) is 7.44. The molecular formula is C15H21N3O2S. The SMILES string of the molecule is CCC1(CO)CCN(Cc2nc(-c3cccs3)no2)CC1. The molecule has 21 heavy (non-hydrogen) atoms. The lowest BCUT2D eigenvalue weighted by Gasteiger charge is -2.39. The third-order valence-electron chi connectivity index (χ3n) is 4.57. The molecule has 0 saturated carbocycles. The Hall–Kier alpha value is -1.24. The normalized spacial score (nSPS) is 19.0. The van der Waals surface area contributed by atoms with E-state index in [2.05, 4.69) is 22.0 Å². The average molecular weight is 307 g/mol. The summed E-state index contributed by atoms with van der Waals surface area (Å²) in [6.45, 7) is 5.11. The molecule has 3 heterocycles. The van der Waals surface area contributed by atoms with Crippen molar-refractivity contribution >= 4 is 11.3 Å². The quantitative estimate of drug-likeness (QED) is 0.920. The number of likely N-dealkylation sites (tertiary alicyclic amines) is 1. The summed E-state index contributed by atoms with van der Waals surface area (Å²) in [6.07, 6.45) is 3.11. The Morgan fingerprint density at radius 1 is 1.43 bits per heavy atom. The van der Waals surface area contributed by atoms with Crippen molar-refractivity contribution in [2.45, 2.75) is 32.7 Å². The smallest absolute Gasteiger partial charge is 0.241 e. The number of rotatable bonds is 5. The summed E-state index contributed by atoms with van der Waals surface area (Å²) in [5, 5.41) is 15.6. The minimum absolute atomic E-state index is 0.119. The molecule has 0 aliphatic carbocycles. The molecule has 0 aromatic carbocycles. The van der Waals surface area contributed by atoms with Crippen LogP contribution in [0.25, 0.3) is 10.7 Å². The molecule has 0 bridgehead atoms. The summed E-state index contributed by atoms with van der Waals surface area (Å²) in [5.74, 6) is 1.35. The fourth-order valence-corrected chi connectivity index (χ4v) is 3.47. The van der Waals surface area contributed by atoms with Crippen LogP contribution in [-0.2, 0) is 6.54 Å². The minimum Gasteiger partial charge on any atom is -0.396 e. The predicted molar refractivity (Wildman–Crippen MR) is 81.9 cm³/mol. The van der Waals surface area contributed by atoms with Crippen LogP contribution in [0.5, 0.6) is 0 Å². The van der Waals surface area contributed by atoms with Crippen LogP contribution in [0.1, 0.15) is 32.1 Å². The molecule has 0 radical (unpaired) electrons. The first-order chi connectivity index (χ1) is 10.2. The molecule has 1 saturated heterocycles.